The molecule has 0 saturated heterocycles. The highest BCUT2D eigenvalue weighted by Crippen LogP contribution is 2.28. The fourth-order valence-corrected chi connectivity index (χ4v) is 6.75. The first kappa shape index (κ1) is 30.7. The van der Waals surface area contributed by atoms with Crippen molar-refractivity contribution >= 4 is 38.8 Å². The highest BCUT2D eigenvalue weighted by molar-refractivity contribution is 7.89. The number of aromatic amines is 1. The maximum absolute atomic E-state index is 13.7. The number of esters is 1. The smallest absolute Gasteiger partial charge is 0.326 e. The van der Waals surface area contributed by atoms with Crippen LogP contribution in [0.4, 0.5) is 0 Å². The Balaban J connectivity index is 1.32. The van der Waals surface area contributed by atoms with Gasteiger partial charge in [0.1, 0.15) is 6.04 Å². The molecule has 1 amide bonds. The Morgan fingerprint density at radius 1 is 1.02 bits per heavy atom. The van der Waals surface area contributed by atoms with Crippen LogP contribution in [-0.4, -0.2) is 75.3 Å². The Hall–Kier alpha value is -4.75. The van der Waals surface area contributed by atoms with E-state index < -0.39 is 27.9 Å². The van der Waals surface area contributed by atoms with Crippen molar-refractivity contribution in [2.24, 2.45) is 4.99 Å². The van der Waals surface area contributed by atoms with Crippen LogP contribution in [0.3, 0.4) is 0 Å². The lowest BCUT2D eigenvalue weighted by atomic mass is 10.0. The average Bonchev–Trinajstić information content (AvgIpc) is 3.71. The van der Waals surface area contributed by atoms with Crippen molar-refractivity contribution in [3.05, 3.63) is 83.6 Å². The van der Waals surface area contributed by atoms with Crippen LogP contribution in [0.5, 0.6) is 0 Å². The summed E-state index contributed by atoms with van der Waals surface area (Å²) in [6.07, 6.45) is 2.00. The molecule has 0 bridgehead atoms. The summed E-state index contributed by atoms with van der Waals surface area (Å²) < 4.78 is 35.4. The summed E-state index contributed by atoms with van der Waals surface area (Å²) in [6.45, 7) is 5.12. The minimum Gasteiger partial charge on any atom is -0.464 e. The van der Waals surface area contributed by atoms with Gasteiger partial charge < -0.3 is 20.7 Å². The quantitative estimate of drug-likeness (QED) is 0.119. The summed E-state index contributed by atoms with van der Waals surface area (Å²) in [6, 6.07) is 17.0. The lowest BCUT2D eigenvalue weighted by Crippen LogP contribution is -2.49. The molecule has 230 valence electrons. The van der Waals surface area contributed by atoms with E-state index in [0.29, 0.717) is 53.1 Å². The topological polar surface area (TPSA) is 167 Å². The molecule has 44 heavy (non-hydrogen) atoms. The lowest BCUT2D eigenvalue weighted by molar-refractivity contribution is -0.145. The number of fused-ring (bicyclic) bond motifs is 1. The molecule has 1 aliphatic heterocycles. The van der Waals surface area contributed by atoms with E-state index >= 15 is 0 Å². The molecule has 0 saturated carbocycles. The van der Waals surface area contributed by atoms with Crippen molar-refractivity contribution < 1.29 is 22.7 Å². The Labute approximate surface area is 255 Å². The highest BCUT2D eigenvalue weighted by Gasteiger charge is 2.30. The standard InChI is InChI=1S/C31H35N7O5S/c1-20-16-23(22-8-4-3-5-9-22)17-21(2)28(20)44(41,42)38-27(30(40)43-15-7-12-32-31-33-13-14-34-31)19-35-29(39)24-10-6-11-26-25(24)18-36-37-26/h3-6,8-11,16-18,27,38H,7,12-15,19H2,1-2H3,(H,35,39)(H,36,37)(H2,32,33,34). The minimum atomic E-state index is -4.20. The predicted octanol–water partition coefficient (Wildman–Crippen LogP) is 2.41. The largest absolute Gasteiger partial charge is 0.464 e. The molecule has 5 rings (SSSR count). The number of aliphatic imine (C=N–C) groups is 1. The number of aryl methyl sites for hydroxylation is 2. The van der Waals surface area contributed by atoms with Gasteiger partial charge in [-0.1, -0.05) is 48.5 Å². The number of H-pyrrole nitrogens is 1. The fourth-order valence-electron chi connectivity index (χ4n) is 5.12. The van der Waals surface area contributed by atoms with Gasteiger partial charge in [-0.3, -0.25) is 19.7 Å². The Bertz CT molecular complexity index is 1760. The van der Waals surface area contributed by atoms with Crippen molar-refractivity contribution in [3.8, 4) is 11.1 Å². The van der Waals surface area contributed by atoms with Gasteiger partial charge in [-0.2, -0.15) is 9.82 Å². The molecule has 0 fully saturated rings. The van der Waals surface area contributed by atoms with Gasteiger partial charge in [0.25, 0.3) is 5.91 Å². The van der Waals surface area contributed by atoms with E-state index in [2.05, 4.69) is 35.9 Å². The number of nitrogens with one attached hydrogen (secondary N) is 5. The lowest BCUT2D eigenvalue weighted by Gasteiger charge is -2.21. The Kier molecular flexibility index (Phi) is 9.56. The van der Waals surface area contributed by atoms with Crippen LogP contribution in [0.1, 0.15) is 27.9 Å². The molecule has 3 aromatic carbocycles. The first-order valence-electron chi connectivity index (χ1n) is 14.3. The van der Waals surface area contributed by atoms with Crippen LogP contribution >= 0.6 is 0 Å². The maximum atomic E-state index is 13.7. The average molecular weight is 618 g/mol. The molecule has 0 aliphatic carbocycles. The number of sulfonamides is 1. The Morgan fingerprint density at radius 3 is 2.52 bits per heavy atom. The van der Waals surface area contributed by atoms with Crippen molar-refractivity contribution in [2.75, 3.05) is 32.8 Å². The van der Waals surface area contributed by atoms with Gasteiger partial charge in [-0.15, -0.1) is 0 Å². The number of guanidine groups is 1. The van der Waals surface area contributed by atoms with Gasteiger partial charge >= 0.3 is 5.97 Å². The zero-order valence-electron chi connectivity index (χ0n) is 24.5. The number of rotatable bonds is 12. The zero-order valence-corrected chi connectivity index (χ0v) is 25.3. The summed E-state index contributed by atoms with van der Waals surface area (Å²) in [5.41, 5.74) is 3.89. The summed E-state index contributed by atoms with van der Waals surface area (Å²) in [5.74, 6) is -0.591. The fraction of sp³-hybridized carbons (Fsp3) is 0.290. The number of hydrogen-bond donors (Lipinski definition) is 5. The van der Waals surface area contributed by atoms with Crippen LogP contribution in [0, 0.1) is 13.8 Å². The third-order valence-corrected chi connectivity index (χ3v) is 8.92. The number of ether oxygens (including phenoxy) is 1. The summed E-state index contributed by atoms with van der Waals surface area (Å²) in [4.78, 5) is 30.7. The molecule has 13 heteroatoms. The van der Waals surface area contributed by atoms with Gasteiger partial charge in [-0.25, -0.2) is 8.42 Å². The Morgan fingerprint density at radius 2 is 1.80 bits per heavy atom. The van der Waals surface area contributed by atoms with Crippen LogP contribution in [0.2, 0.25) is 0 Å². The van der Waals surface area contributed by atoms with Crippen molar-refractivity contribution in [1.29, 1.82) is 0 Å². The predicted molar refractivity (Wildman–Crippen MR) is 168 cm³/mol. The second kappa shape index (κ2) is 13.7. The van der Waals surface area contributed by atoms with Crippen LogP contribution in [0.15, 0.2) is 76.7 Å². The number of aromatic nitrogens is 2. The summed E-state index contributed by atoms with van der Waals surface area (Å²) in [5, 5.41) is 16.3. The number of benzene rings is 3. The number of nitrogens with zero attached hydrogens (tertiary/aromatic N) is 2. The normalized spacial score (nSPS) is 13.6. The third-order valence-electron chi connectivity index (χ3n) is 7.15. The first-order valence-corrected chi connectivity index (χ1v) is 15.8. The van der Waals surface area contributed by atoms with Crippen LogP contribution < -0.4 is 20.7 Å². The van der Waals surface area contributed by atoms with Crippen molar-refractivity contribution in [2.45, 2.75) is 31.2 Å². The van der Waals surface area contributed by atoms with Crippen molar-refractivity contribution in [3.63, 3.8) is 0 Å². The van der Waals surface area contributed by atoms with E-state index in [1.54, 1.807) is 44.2 Å². The summed E-state index contributed by atoms with van der Waals surface area (Å²) in [7, 11) is -4.20. The van der Waals surface area contributed by atoms with Crippen LogP contribution in [-0.2, 0) is 19.6 Å². The maximum Gasteiger partial charge on any atom is 0.326 e. The number of amides is 1. The van der Waals surface area contributed by atoms with Crippen LogP contribution in [0.25, 0.3) is 22.0 Å². The van der Waals surface area contributed by atoms with E-state index in [-0.39, 0.29) is 18.0 Å². The zero-order chi connectivity index (χ0) is 31.1. The first-order chi connectivity index (χ1) is 21.2. The minimum absolute atomic E-state index is 0.0451. The van der Waals surface area contributed by atoms with E-state index in [0.717, 1.165) is 17.7 Å². The molecule has 1 aromatic heterocycles. The van der Waals surface area contributed by atoms with E-state index in [1.807, 2.05) is 30.3 Å². The third kappa shape index (κ3) is 7.24. The second-order valence-corrected chi connectivity index (χ2v) is 12.1. The molecule has 5 N–H and O–H groups in total. The highest BCUT2D eigenvalue weighted by atomic mass is 32.2. The van der Waals surface area contributed by atoms with E-state index in [1.165, 1.54) is 6.20 Å². The molecule has 1 aliphatic rings. The monoisotopic (exact) mass is 617 g/mol. The number of hydrogen-bond acceptors (Lipinski definition) is 9. The van der Waals surface area contributed by atoms with Gasteiger partial charge in [0.15, 0.2) is 5.96 Å². The van der Waals surface area contributed by atoms with Crippen molar-refractivity contribution in [1.82, 2.24) is 30.9 Å². The second-order valence-electron chi connectivity index (χ2n) is 10.4. The molecule has 0 spiro atoms. The molecule has 1 unspecified atom stereocenters. The van der Waals surface area contributed by atoms with Gasteiger partial charge in [0.2, 0.25) is 10.0 Å². The SMILES string of the molecule is Cc1cc(-c2ccccc2)cc(C)c1S(=O)(=O)NC(CNC(=O)c1cccc2[nH]ncc12)C(=O)OCCCNC1=NCCN1. The molecule has 0 radical (unpaired) electrons. The molecule has 1 atom stereocenters. The molecule has 4 aromatic rings. The van der Waals surface area contributed by atoms with Gasteiger partial charge in [0, 0.05) is 25.0 Å². The molecular formula is C31H35N7O5S. The van der Waals surface area contributed by atoms with E-state index in [9.17, 15) is 18.0 Å². The van der Waals surface area contributed by atoms with Gasteiger partial charge in [-0.05, 0) is 54.7 Å². The molecule has 2 heterocycles. The summed E-state index contributed by atoms with van der Waals surface area (Å²) >= 11 is 0. The van der Waals surface area contributed by atoms with E-state index in [4.69, 9.17) is 4.74 Å². The number of carbonyl (C=O) groups excluding carboxylic acids is 2. The number of carbonyl (C=O) groups is 2. The molecular weight excluding hydrogens is 582 g/mol. The molecule has 12 nitrogen and oxygen atoms in total. The van der Waals surface area contributed by atoms with Gasteiger partial charge in [0.05, 0.1) is 35.3 Å².